The van der Waals surface area contributed by atoms with Crippen molar-refractivity contribution in [2.45, 2.75) is 0 Å². The van der Waals surface area contributed by atoms with Crippen LogP contribution in [0.5, 0.6) is 0 Å². The van der Waals surface area contributed by atoms with Crippen LogP contribution in [0.15, 0.2) is 285 Å². The Morgan fingerprint density at radius 3 is 1.16 bits per heavy atom. The second kappa shape index (κ2) is 16.9. The number of hydrogen-bond acceptors (Lipinski definition) is 0. The van der Waals surface area contributed by atoms with Gasteiger partial charge in [-0.3, -0.25) is 0 Å². The topological polar surface area (TPSA) is 24.6 Å². The summed E-state index contributed by atoms with van der Waals surface area (Å²) in [5, 5.41) is 14.4. The zero-order valence-corrected chi connectivity index (χ0v) is 42.9. The monoisotopic (exact) mass is 1010 g/mol. The van der Waals surface area contributed by atoms with Crippen LogP contribution in [0.1, 0.15) is 0 Å². The largest absolute Gasteiger partial charge is 0.310 e. The van der Waals surface area contributed by atoms with Crippen LogP contribution >= 0.6 is 0 Å². The summed E-state index contributed by atoms with van der Waals surface area (Å²) in [5.41, 5.74) is 16.9. The lowest BCUT2D eigenvalue weighted by Gasteiger charge is -2.15. The lowest BCUT2D eigenvalue weighted by molar-refractivity contribution is 1.15. The molecule has 0 aliphatic heterocycles. The number of nitrogens with zero attached hydrogens (tertiary/aromatic N) is 5. The lowest BCUT2D eigenvalue weighted by atomic mass is 10.1. The zero-order chi connectivity index (χ0) is 51.7. The summed E-state index contributed by atoms with van der Waals surface area (Å²) in [6.07, 6.45) is 0. The normalized spacial score (nSPS) is 12.1. The van der Waals surface area contributed by atoms with Crippen molar-refractivity contribution in [3.63, 3.8) is 0 Å². The van der Waals surface area contributed by atoms with Gasteiger partial charge in [-0.1, -0.05) is 158 Å². The van der Waals surface area contributed by atoms with Gasteiger partial charge in [-0.2, -0.15) is 0 Å². The fourth-order valence-corrected chi connectivity index (χ4v) is 13.2. The zero-order valence-electron chi connectivity index (χ0n) is 42.9. The fourth-order valence-electron chi connectivity index (χ4n) is 13.2. The summed E-state index contributed by atoms with van der Waals surface area (Å²) in [6.45, 7) is 0. The standard InChI is InChI=1S/C74H47N5/c1-2-22-52(23-3-1)77-71-39-35-56-45-65(71)66-46-57(36-40-72(66)77)76(58-34-38-63-61-28-8-10-30-69(61)79(74(63)47-58)68-33-15-19-49-17-5-7-27-60(49)68)54-25-13-21-51(43-54)50-20-12-24-53(42-50)75(56)55-37-41-73-64(44-55)62-29-9-11-31-70(62)78(73)67-32-14-18-48-16-4-6-26-59(48)67/h1-47H. The summed E-state index contributed by atoms with van der Waals surface area (Å²) < 4.78 is 12.2. The third-order valence-corrected chi connectivity index (χ3v) is 16.7. The molecule has 0 atom stereocenters. The highest BCUT2D eigenvalue weighted by Gasteiger charge is 2.20. The molecule has 0 amide bonds. The molecule has 17 aromatic rings. The smallest absolute Gasteiger partial charge is 0.0562 e. The van der Waals surface area contributed by atoms with Crippen molar-refractivity contribution in [1.82, 2.24) is 22.8 Å². The number of hydrogen-bond donors (Lipinski definition) is 0. The first-order valence-electron chi connectivity index (χ1n) is 27.2. The Morgan fingerprint density at radius 1 is 0.165 bits per heavy atom. The van der Waals surface area contributed by atoms with Crippen molar-refractivity contribution in [2.24, 2.45) is 0 Å². The molecule has 0 aliphatic rings. The molecule has 0 fully saturated rings. The second-order valence-corrected chi connectivity index (χ2v) is 20.9. The molecule has 0 aliphatic carbocycles. The van der Waals surface area contributed by atoms with E-state index in [9.17, 15) is 0 Å². The van der Waals surface area contributed by atoms with Crippen LogP contribution in [0.3, 0.4) is 0 Å². The molecule has 0 saturated heterocycles. The summed E-state index contributed by atoms with van der Waals surface area (Å²) >= 11 is 0. The van der Waals surface area contributed by atoms with Gasteiger partial charge in [0, 0.05) is 82.2 Å². The van der Waals surface area contributed by atoms with Crippen LogP contribution in [-0.2, 0) is 0 Å². The Morgan fingerprint density at radius 2 is 0.557 bits per heavy atom. The van der Waals surface area contributed by atoms with Crippen molar-refractivity contribution in [3.8, 4) is 28.4 Å². The highest BCUT2D eigenvalue weighted by molar-refractivity contribution is 6.15. The predicted octanol–water partition coefficient (Wildman–Crippen LogP) is 19.4. The van der Waals surface area contributed by atoms with E-state index in [1.54, 1.807) is 0 Å². The summed E-state index contributed by atoms with van der Waals surface area (Å²) in [6, 6.07) is 106. The van der Waals surface area contributed by atoms with Crippen LogP contribution in [-0.4, -0.2) is 22.8 Å². The third-order valence-electron chi connectivity index (χ3n) is 16.7. The average Bonchev–Trinajstić information content (AvgIpc) is 4.24. The molecule has 5 nitrogen and oxygen atoms in total. The maximum Gasteiger partial charge on any atom is 0.0562 e. The predicted molar refractivity (Wildman–Crippen MR) is 333 cm³/mol. The van der Waals surface area contributed by atoms with E-state index in [0.717, 1.165) is 72.1 Å². The minimum absolute atomic E-state index is 1.07. The number of rotatable bonds is 5. The van der Waals surface area contributed by atoms with E-state index in [0.29, 0.717) is 0 Å². The molecule has 17 rings (SSSR count). The molecule has 368 valence electrons. The molecule has 13 aromatic carbocycles. The highest BCUT2D eigenvalue weighted by Crippen LogP contribution is 2.41. The van der Waals surface area contributed by atoms with Gasteiger partial charge >= 0.3 is 0 Å². The minimum Gasteiger partial charge on any atom is -0.310 e. The number of benzene rings is 13. The average molecular weight is 1010 g/mol. The Balaban J connectivity index is 0.971. The quantitative estimate of drug-likeness (QED) is 0.164. The van der Waals surface area contributed by atoms with Crippen LogP contribution in [0, 0.1) is 0 Å². The minimum atomic E-state index is 1.07. The van der Waals surface area contributed by atoms with E-state index in [1.165, 1.54) is 76.1 Å². The molecule has 5 heteroatoms. The van der Waals surface area contributed by atoms with Crippen LogP contribution in [0.4, 0.5) is 0 Å². The molecule has 8 bridgehead atoms. The van der Waals surface area contributed by atoms with Crippen molar-refractivity contribution < 1.29 is 0 Å². The molecular weight excluding hydrogens is 959 g/mol. The number of para-hydroxylation sites is 3. The molecule has 0 N–H and O–H groups in total. The van der Waals surface area contributed by atoms with E-state index in [1.807, 2.05) is 0 Å². The molecule has 0 unspecified atom stereocenters. The fraction of sp³-hybridized carbons (Fsp3) is 0. The van der Waals surface area contributed by atoms with Gasteiger partial charge in [-0.25, -0.2) is 0 Å². The van der Waals surface area contributed by atoms with Crippen LogP contribution in [0.25, 0.3) is 148 Å². The van der Waals surface area contributed by atoms with Crippen molar-refractivity contribution in [1.29, 1.82) is 0 Å². The molecule has 4 heterocycles. The van der Waals surface area contributed by atoms with Gasteiger partial charge in [0.05, 0.1) is 44.5 Å². The maximum atomic E-state index is 2.47. The molecule has 0 saturated carbocycles. The van der Waals surface area contributed by atoms with Gasteiger partial charge in [0.15, 0.2) is 0 Å². The van der Waals surface area contributed by atoms with Crippen LogP contribution < -0.4 is 0 Å². The van der Waals surface area contributed by atoms with Gasteiger partial charge in [0.1, 0.15) is 0 Å². The molecule has 0 spiro atoms. The molecule has 0 radical (unpaired) electrons. The molecule has 79 heavy (non-hydrogen) atoms. The molecule has 4 aromatic heterocycles. The second-order valence-electron chi connectivity index (χ2n) is 20.9. The first-order chi connectivity index (χ1) is 39.2. The van der Waals surface area contributed by atoms with Gasteiger partial charge < -0.3 is 22.8 Å². The first kappa shape index (κ1) is 43.6. The Bertz CT molecular complexity index is 5440. The van der Waals surface area contributed by atoms with E-state index < -0.39 is 0 Å². The van der Waals surface area contributed by atoms with Crippen molar-refractivity contribution in [3.05, 3.63) is 285 Å². The number of aromatic nitrogens is 5. The lowest BCUT2D eigenvalue weighted by Crippen LogP contribution is -1.99. The van der Waals surface area contributed by atoms with Gasteiger partial charge in [-0.15, -0.1) is 0 Å². The van der Waals surface area contributed by atoms with E-state index in [4.69, 9.17) is 0 Å². The maximum absolute atomic E-state index is 2.47. The SMILES string of the molecule is c1ccc(-n2c3ccc4cc3c3cc(ccc32)n(-c2ccc3c5ccccc5n(-c5cccc6ccccc56)c3c2)c2cccc(c2)c2cccc(c2)n4-c2ccc3c(c2)c2ccccc2n3-c2cccc3ccccc23)cc1. The third kappa shape index (κ3) is 6.57. The summed E-state index contributed by atoms with van der Waals surface area (Å²) in [5.74, 6) is 0. The van der Waals surface area contributed by atoms with Crippen molar-refractivity contribution >= 4 is 120 Å². The summed E-state index contributed by atoms with van der Waals surface area (Å²) in [7, 11) is 0. The van der Waals surface area contributed by atoms with Gasteiger partial charge in [0.2, 0.25) is 0 Å². The highest BCUT2D eigenvalue weighted by atomic mass is 15.0. The molecular formula is C74H47N5. The summed E-state index contributed by atoms with van der Waals surface area (Å²) in [4.78, 5) is 0. The van der Waals surface area contributed by atoms with Gasteiger partial charge in [0.25, 0.3) is 0 Å². The van der Waals surface area contributed by atoms with Crippen LogP contribution in [0.2, 0.25) is 0 Å². The van der Waals surface area contributed by atoms with Crippen molar-refractivity contribution in [2.75, 3.05) is 0 Å². The first-order valence-corrected chi connectivity index (χ1v) is 27.2. The van der Waals surface area contributed by atoms with Gasteiger partial charge in [-0.05, 0) is 149 Å². The number of fused-ring (bicyclic) bond motifs is 15. The Hall–Kier alpha value is -10.6. The van der Waals surface area contributed by atoms with E-state index in [-0.39, 0.29) is 0 Å². The Kier molecular flexibility index (Phi) is 9.35. The Labute approximate surface area is 453 Å². The van der Waals surface area contributed by atoms with E-state index >= 15 is 0 Å². The van der Waals surface area contributed by atoms with E-state index in [2.05, 4.69) is 308 Å².